The summed E-state index contributed by atoms with van der Waals surface area (Å²) in [6, 6.07) is 2.64. The van der Waals surface area contributed by atoms with Gasteiger partial charge in [0.25, 0.3) is 0 Å². The van der Waals surface area contributed by atoms with Gasteiger partial charge in [0, 0.05) is 0 Å². The van der Waals surface area contributed by atoms with Crippen LogP contribution >= 0.6 is 0 Å². The van der Waals surface area contributed by atoms with Crippen LogP contribution in [0.1, 0.15) is 40.5 Å². The first-order valence-electron chi connectivity index (χ1n) is 7.24. The highest BCUT2D eigenvalue weighted by molar-refractivity contribution is 6.84. The predicted octanol–water partition coefficient (Wildman–Crippen LogP) is 5.51. The van der Waals surface area contributed by atoms with Crippen molar-refractivity contribution in [1.82, 2.24) is 0 Å². The summed E-state index contributed by atoms with van der Waals surface area (Å²) in [4.78, 5) is 0. The molecule has 0 radical (unpaired) electrons. The molecule has 0 bridgehead atoms. The molecule has 0 aromatic rings. The molecule has 0 N–H and O–H groups in total. The molecule has 0 aliphatic rings. The van der Waals surface area contributed by atoms with Gasteiger partial charge in [0.15, 0.2) is 16.6 Å². The minimum atomic E-state index is -1.41. The Hall–Kier alpha value is 0.394. The minimum absolute atomic E-state index is 0.811. The standard InChI is InChI=1S/C14H34OSi2/c1-13(2)9-11-16(5,6)15-17(7,8)12-10-14(3)4/h13-14H,9-12H2,1-8H3. The fraction of sp³-hybridized carbons (Fsp3) is 1.00. The average Bonchev–Trinajstić information content (AvgIpc) is 2.10. The third kappa shape index (κ3) is 10.0. The van der Waals surface area contributed by atoms with Crippen LogP contribution in [0.5, 0.6) is 0 Å². The van der Waals surface area contributed by atoms with Crippen LogP contribution in [0.4, 0.5) is 0 Å². The Morgan fingerprint density at radius 2 is 1.00 bits per heavy atom. The SMILES string of the molecule is CC(C)CC[Si](C)(C)O[Si](C)(C)CCC(C)C. The fourth-order valence-electron chi connectivity index (χ4n) is 2.12. The largest absolute Gasteiger partial charge is 0.455 e. The first kappa shape index (κ1) is 17.4. The van der Waals surface area contributed by atoms with Gasteiger partial charge < -0.3 is 4.12 Å². The van der Waals surface area contributed by atoms with Crippen molar-refractivity contribution in [2.24, 2.45) is 11.8 Å². The van der Waals surface area contributed by atoms with Crippen LogP contribution in [-0.4, -0.2) is 16.6 Å². The molecular formula is C14H34OSi2. The second-order valence-corrected chi connectivity index (χ2v) is 16.3. The predicted molar refractivity (Wildman–Crippen MR) is 84.6 cm³/mol. The van der Waals surface area contributed by atoms with Crippen LogP contribution in [0.15, 0.2) is 0 Å². The summed E-state index contributed by atoms with van der Waals surface area (Å²) in [5.41, 5.74) is 0. The second-order valence-electron chi connectivity index (χ2n) is 7.49. The molecule has 0 atom stereocenters. The third-order valence-electron chi connectivity index (χ3n) is 3.20. The van der Waals surface area contributed by atoms with Gasteiger partial charge >= 0.3 is 0 Å². The minimum Gasteiger partial charge on any atom is -0.455 e. The molecule has 0 unspecified atom stereocenters. The first-order valence-corrected chi connectivity index (χ1v) is 13.5. The van der Waals surface area contributed by atoms with Crippen LogP contribution < -0.4 is 0 Å². The molecule has 3 heteroatoms. The van der Waals surface area contributed by atoms with Crippen molar-refractivity contribution < 1.29 is 4.12 Å². The Kier molecular flexibility index (Phi) is 7.26. The zero-order valence-corrected chi connectivity index (χ0v) is 15.4. The van der Waals surface area contributed by atoms with Crippen molar-refractivity contribution >= 4 is 16.6 Å². The lowest BCUT2D eigenvalue weighted by Crippen LogP contribution is -2.44. The summed E-state index contributed by atoms with van der Waals surface area (Å²) in [5.74, 6) is 1.62. The summed E-state index contributed by atoms with van der Waals surface area (Å²) in [7, 11) is -2.82. The number of hydrogen-bond acceptors (Lipinski definition) is 1. The summed E-state index contributed by atoms with van der Waals surface area (Å²) >= 11 is 0. The van der Waals surface area contributed by atoms with E-state index < -0.39 is 16.6 Å². The van der Waals surface area contributed by atoms with E-state index in [0.29, 0.717) is 0 Å². The molecule has 0 spiro atoms. The average molecular weight is 275 g/mol. The van der Waals surface area contributed by atoms with E-state index in [1.165, 1.54) is 24.9 Å². The molecule has 0 aromatic heterocycles. The van der Waals surface area contributed by atoms with Crippen LogP contribution in [0.25, 0.3) is 0 Å². The molecule has 0 saturated carbocycles. The molecule has 0 aliphatic heterocycles. The lowest BCUT2D eigenvalue weighted by Gasteiger charge is -2.35. The molecule has 0 heterocycles. The van der Waals surface area contributed by atoms with Gasteiger partial charge in [-0.05, 0) is 50.1 Å². The van der Waals surface area contributed by atoms with Crippen molar-refractivity contribution in [3.05, 3.63) is 0 Å². The van der Waals surface area contributed by atoms with E-state index in [0.717, 1.165) is 11.8 Å². The van der Waals surface area contributed by atoms with Gasteiger partial charge in [-0.2, -0.15) is 0 Å². The summed E-state index contributed by atoms with van der Waals surface area (Å²) in [5, 5.41) is 0. The zero-order valence-electron chi connectivity index (χ0n) is 13.4. The van der Waals surface area contributed by atoms with E-state index in [9.17, 15) is 0 Å². The van der Waals surface area contributed by atoms with Gasteiger partial charge in [0.2, 0.25) is 0 Å². The Balaban J connectivity index is 4.17. The van der Waals surface area contributed by atoms with E-state index >= 15 is 0 Å². The molecule has 17 heavy (non-hydrogen) atoms. The van der Waals surface area contributed by atoms with Gasteiger partial charge in [-0.1, -0.05) is 40.5 Å². The number of rotatable bonds is 8. The maximum atomic E-state index is 6.60. The second kappa shape index (κ2) is 7.10. The molecule has 0 rings (SSSR count). The van der Waals surface area contributed by atoms with Crippen LogP contribution in [-0.2, 0) is 4.12 Å². The van der Waals surface area contributed by atoms with Gasteiger partial charge in [0.05, 0.1) is 0 Å². The van der Waals surface area contributed by atoms with Crippen molar-refractivity contribution in [3.8, 4) is 0 Å². The molecule has 104 valence electrons. The van der Waals surface area contributed by atoms with Gasteiger partial charge in [-0.3, -0.25) is 0 Å². The lowest BCUT2D eigenvalue weighted by atomic mass is 10.2. The molecule has 0 fully saturated rings. The van der Waals surface area contributed by atoms with E-state index in [2.05, 4.69) is 53.9 Å². The topological polar surface area (TPSA) is 9.23 Å². The lowest BCUT2D eigenvalue weighted by molar-refractivity contribution is 0.504. The van der Waals surface area contributed by atoms with Crippen molar-refractivity contribution in [2.75, 3.05) is 0 Å². The summed E-state index contributed by atoms with van der Waals surface area (Å²) in [6.45, 7) is 18.9. The van der Waals surface area contributed by atoms with E-state index in [4.69, 9.17) is 4.12 Å². The molecule has 1 nitrogen and oxygen atoms in total. The fourth-order valence-corrected chi connectivity index (χ4v) is 11.5. The summed E-state index contributed by atoms with van der Waals surface area (Å²) in [6.07, 6.45) is 2.65. The molecule has 0 saturated heterocycles. The van der Waals surface area contributed by atoms with E-state index in [1.807, 2.05) is 0 Å². The highest BCUT2D eigenvalue weighted by Gasteiger charge is 2.32. The maximum Gasteiger partial charge on any atom is 0.173 e. The van der Waals surface area contributed by atoms with Gasteiger partial charge in [0.1, 0.15) is 0 Å². The normalized spacial score (nSPS) is 13.8. The molecule has 0 aromatic carbocycles. The Bertz CT molecular complexity index is 188. The van der Waals surface area contributed by atoms with E-state index in [1.54, 1.807) is 0 Å². The molecule has 0 aliphatic carbocycles. The van der Waals surface area contributed by atoms with Crippen molar-refractivity contribution in [3.63, 3.8) is 0 Å². The van der Waals surface area contributed by atoms with Gasteiger partial charge in [-0.25, -0.2) is 0 Å². The molecule has 0 amide bonds. The van der Waals surface area contributed by atoms with Crippen molar-refractivity contribution in [2.45, 2.75) is 78.8 Å². The zero-order chi connectivity index (χ0) is 13.7. The monoisotopic (exact) mass is 274 g/mol. The smallest absolute Gasteiger partial charge is 0.173 e. The highest BCUT2D eigenvalue weighted by Crippen LogP contribution is 2.26. The first-order chi connectivity index (χ1) is 7.54. The quantitative estimate of drug-likeness (QED) is 0.531. The molecular weight excluding hydrogens is 240 g/mol. The van der Waals surface area contributed by atoms with Crippen LogP contribution in [0.3, 0.4) is 0 Å². The Morgan fingerprint density at radius 1 is 0.706 bits per heavy atom. The van der Waals surface area contributed by atoms with Crippen molar-refractivity contribution in [1.29, 1.82) is 0 Å². The maximum absolute atomic E-state index is 6.60. The Morgan fingerprint density at radius 3 is 1.24 bits per heavy atom. The van der Waals surface area contributed by atoms with E-state index in [-0.39, 0.29) is 0 Å². The van der Waals surface area contributed by atoms with Gasteiger partial charge in [-0.15, -0.1) is 0 Å². The van der Waals surface area contributed by atoms with Crippen LogP contribution in [0, 0.1) is 11.8 Å². The third-order valence-corrected chi connectivity index (χ3v) is 10.6. The summed E-state index contributed by atoms with van der Waals surface area (Å²) < 4.78 is 6.60. The number of hydrogen-bond donors (Lipinski definition) is 0. The Labute approximate surface area is 112 Å². The van der Waals surface area contributed by atoms with Crippen LogP contribution in [0.2, 0.25) is 38.3 Å². The highest BCUT2D eigenvalue weighted by atomic mass is 28.4.